The molecule has 0 fully saturated rings. The third-order valence-corrected chi connectivity index (χ3v) is 3.51. The van der Waals surface area contributed by atoms with E-state index < -0.39 is 18.1 Å². The van der Waals surface area contributed by atoms with Crippen molar-refractivity contribution in [3.05, 3.63) is 35.9 Å². The van der Waals surface area contributed by atoms with Gasteiger partial charge in [-0.05, 0) is 25.3 Å². The van der Waals surface area contributed by atoms with E-state index in [9.17, 15) is 14.4 Å². The molecular formula is C17H24N2O4. The second kappa shape index (κ2) is 9.74. The predicted molar refractivity (Wildman–Crippen MR) is 86.6 cm³/mol. The summed E-state index contributed by atoms with van der Waals surface area (Å²) in [7, 11) is 1.28. The van der Waals surface area contributed by atoms with Crippen LogP contribution in [0.3, 0.4) is 0 Å². The van der Waals surface area contributed by atoms with E-state index in [4.69, 9.17) is 5.73 Å². The largest absolute Gasteiger partial charge is 0.468 e. The van der Waals surface area contributed by atoms with Crippen molar-refractivity contribution in [3.63, 3.8) is 0 Å². The first-order valence-electron chi connectivity index (χ1n) is 7.63. The highest BCUT2D eigenvalue weighted by molar-refractivity contribution is 5.89. The van der Waals surface area contributed by atoms with Crippen molar-refractivity contribution in [2.75, 3.05) is 7.11 Å². The number of carbonyl (C=O) groups is 3. The number of ether oxygens (including phenoxy) is 1. The molecule has 0 aromatic heterocycles. The fraction of sp³-hybridized carbons (Fsp3) is 0.471. The molecule has 6 nitrogen and oxygen atoms in total. The molecule has 1 aromatic rings. The zero-order chi connectivity index (χ0) is 17.2. The number of rotatable bonds is 9. The van der Waals surface area contributed by atoms with Gasteiger partial charge in [-0.25, -0.2) is 0 Å². The molecule has 0 unspecified atom stereocenters. The van der Waals surface area contributed by atoms with Gasteiger partial charge in [-0.1, -0.05) is 30.3 Å². The van der Waals surface area contributed by atoms with Crippen LogP contribution in [0.15, 0.2) is 30.3 Å². The quantitative estimate of drug-likeness (QED) is 0.661. The van der Waals surface area contributed by atoms with Gasteiger partial charge >= 0.3 is 5.97 Å². The van der Waals surface area contributed by atoms with Gasteiger partial charge < -0.3 is 15.8 Å². The van der Waals surface area contributed by atoms with Gasteiger partial charge in [0.2, 0.25) is 5.91 Å². The summed E-state index contributed by atoms with van der Waals surface area (Å²) >= 11 is 0. The molecule has 0 heterocycles. The first kappa shape index (κ1) is 18.8. The fourth-order valence-electron chi connectivity index (χ4n) is 2.14. The molecule has 1 aromatic carbocycles. The van der Waals surface area contributed by atoms with Crippen LogP contribution in [0.5, 0.6) is 0 Å². The number of methoxy groups -OCH3 is 1. The molecule has 0 radical (unpaired) electrons. The molecule has 3 N–H and O–H groups in total. The third kappa shape index (κ3) is 7.06. The minimum Gasteiger partial charge on any atom is -0.468 e. The SMILES string of the molecule is COC(=O)[C@@H](N)CCCC(=O)[C@H](C)NC(=O)Cc1ccccc1. The van der Waals surface area contributed by atoms with E-state index in [1.807, 2.05) is 30.3 Å². The first-order valence-corrected chi connectivity index (χ1v) is 7.63. The van der Waals surface area contributed by atoms with Crippen molar-refractivity contribution in [2.24, 2.45) is 5.73 Å². The number of Topliss-reactive ketones (excluding diaryl/α,β-unsaturated/α-hetero) is 1. The third-order valence-electron chi connectivity index (χ3n) is 3.51. The van der Waals surface area contributed by atoms with Gasteiger partial charge in [0.15, 0.2) is 5.78 Å². The average molecular weight is 320 g/mol. The number of amides is 1. The Morgan fingerprint density at radius 3 is 2.48 bits per heavy atom. The van der Waals surface area contributed by atoms with Gasteiger partial charge in [-0.2, -0.15) is 0 Å². The van der Waals surface area contributed by atoms with Crippen molar-refractivity contribution in [1.29, 1.82) is 0 Å². The van der Waals surface area contributed by atoms with Crippen molar-refractivity contribution in [1.82, 2.24) is 5.32 Å². The Labute approximate surface area is 136 Å². The zero-order valence-electron chi connectivity index (χ0n) is 13.6. The van der Waals surface area contributed by atoms with E-state index in [2.05, 4.69) is 10.1 Å². The number of nitrogens with one attached hydrogen (secondary N) is 1. The number of benzene rings is 1. The van der Waals surface area contributed by atoms with Crippen LogP contribution in [-0.4, -0.2) is 36.9 Å². The van der Waals surface area contributed by atoms with E-state index in [0.29, 0.717) is 12.8 Å². The standard InChI is InChI=1S/C17H24N2O4/c1-12(15(20)10-6-9-14(18)17(22)23-2)19-16(21)11-13-7-4-3-5-8-13/h3-5,7-8,12,14H,6,9-11,18H2,1-2H3,(H,19,21)/t12-,14-/m0/s1. The molecule has 0 spiro atoms. The van der Waals surface area contributed by atoms with E-state index in [0.717, 1.165) is 5.56 Å². The normalized spacial score (nSPS) is 13.0. The summed E-state index contributed by atoms with van der Waals surface area (Å²) in [5.74, 6) is -0.756. The van der Waals surface area contributed by atoms with Gasteiger partial charge in [-0.3, -0.25) is 14.4 Å². The zero-order valence-corrected chi connectivity index (χ0v) is 13.6. The van der Waals surface area contributed by atoms with Crippen molar-refractivity contribution in [2.45, 2.75) is 44.7 Å². The number of hydrogen-bond donors (Lipinski definition) is 2. The summed E-state index contributed by atoms with van der Waals surface area (Å²) in [6.07, 6.45) is 1.36. The summed E-state index contributed by atoms with van der Waals surface area (Å²) in [6.45, 7) is 1.66. The highest BCUT2D eigenvalue weighted by Gasteiger charge is 2.18. The molecule has 126 valence electrons. The van der Waals surface area contributed by atoms with Gasteiger partial charge in [0.1, 0.15) is 6.04 Å². The van der Waals surface area contributed by atoms with Crippen LogP contribution in [0.1, 0.15) is 31.7 Å². The molecule has 0 saturated heterocycles. The molecule has 1 amide bonds. The van der Waals surface area contributed by atoms with Crippen LogP contribution in [0, 0.1) is 0 Å². The van der Waals surface area contributed by atoms with E-state index in [1.165, 1.54) is 7.11 Å². The minimum atomic E-state index is -0.712. The second-order valence-corrected chi connectivity index (χ2v) is 5.44. The highest BCUT2D eigenvalue weighted by Crippen LogP contribution is 2.04. The maximum atomic E-state index is 12.0. The van der Waals surface area contributed by atoms with Gasteiger partial charge in [0, 0.05) is 6.42 Å². The highest BCUT2D eigenvalue weighted by atomic mass is 16.5. The number of esters is 1. The Kier molecular flexibility index (Phi) is 7.97. The number of carbonyl (C=O) groups excluding carboxylic acids is 3. The van der Waals surface area contributed by atoms with Crippen LogP contribution < -0.4 is 11.1 Å². The summed E-state index contributed by atoms with van der Waals surface area (Å²) < 4.78 is 4.52. The van der Waals surface area contributed by atoms with E-state index in [-0.39, 0.29) is 24.5 Å². The monoisotopic (exact) mass is 320 g/mol. The maximum Gasteiger partial charge on any atom is 0.322 e. The Hall–Kier alpha value is -2.21. The van der Waals surface area contributed by atoms with Crippen molar-refractivity contribution < 1.29 is 19.1 Å². The molecular weight excluding hydrogens is 296 g/mol. The topological polar surface area (TPSA) is 98.5 Å². The van der Waals surface area contributed by atoms with Crippen molar-refractivity contribution in [3.8, 4) is 0 Å². The van der Waals surface area contributed by atoms with Gasteiger partial charge in [-0.15, -0.1) is 0 Å². The lowest BCUT2D eigenvalue weighted by atomic mass is 10.0. The summed E-state index contributed by atoms with van der Waals surface area (Å²) in [5, 5.41) is 2.69. The number of hydrogen-bond acceptors (Lipinski definition) is 5. The Bertz CT molecular complexity index is 531. The lowest BCUT2D eigenvalue weighted by molar-refractivity contribution is -0.142. The van der Waals surface area contributed by atoms with Crippen LogP contribution in [0.4, 0.5) is 0 Å². The molecule has 0 aliphatic heterocycles. The van der Waals surface area contributed by atoms with Gasteiger partial charge in [0.05, 0.1) is 19.6 Å². The van der Waals surface area contributed by atoms with Crippen LogP contribution >= 0.6 is 0 Å². The van der Waals surface area contributed by atoms with E-state index in [1.54, 1.807) is 6.92 Å². The molecule has 1 rings (SSSR count). The predicted octanol–water partition coefficient (Wildman–Crippen LogP) is 0.974. The fourth-order valence-corrected chi connectivity index (χ4v) is 2.14. The Balaban J connectivity index is 2.30. The number of ketones is 1. The Morgan fingerprint density at radius 1 is 1.22 bits per heavy atom. The maximum absolute atomic E-state index is 12.0. The molecule has 23 heavy (non-hydrogen) atoms. The smallest absolute Gasteiger partial charge is 0.322 e. The van der Waals surface area contributed by atoms with Crippen LogP contribution in [-0.2, 0) is 25.5 Å². The van der Waals surface area contributed by atoms with Crippen LogP contribution in [0.25, 0.3) is 0 Å². The Morgan fingerprint density at radius 2 is 1.87 bits per heavy atom. The second-order valence-electron chi connectivity index (χ2n) is 5.44. The molecule has 6 heteroatoms. The first-order chi connectivity index (χ1) is 10.9. The summed E-state index contributed by atoms with van der Waals surface area (Å²) in [6, 6.07) is 8.06. The van der Waals surface area contributed by atoms with E-state index >= 15 is 0 Å². The molecule has 0 aliphatic rings. The molecule has 0 aliphatic carbocycles. The van der Waals surface area contributed by atoms with Gasteiger partial charge in [0.25, 0.3) is 0 Å². The lowest BCUT2D eigenvalue weighted by Gasteiger charge is -2.14. The molecule has 0 bridgehead atoms. The number of nitrogens with two attached hydrogens (primary N) is 1. The molecule has 2 atom stereocenters. The molecule has 0 saturated carbocycles. The van der Waals surface area contributed by atoms with Crippen molar-refractivity contribution >= 4 is 17.7 Å². The summed E-state index contributed by atoms with van der Waals surface area (Å²) in [4.78, 5) is 35.0. The lowest BCUT2D eigenvalue weighted by Crippen LogP contribution is -2.39. The minimum absolute atomic E-state index is 0.0801. The van der Waals surface area contributed by atoms with Crippen LogP contribution in [0.2, 0.25) is 0 Å². The average Bonchev–Trinajstić information content (AvgIpc) is 2.54. The summed E-state index contributed by atoms with van der Waals surface area (Å²) in [5.41, 5.74) is 6.50.